The molecular formula is C17H16N4O4S2. The van der Waals surface area contributed by atoms with Gasteiger partial charge in [-0.25, -0.2) is 4.98 Å². The van der Waals surface area contributed by atoms with Crippen LogP contribution >= 0.6 is 23.1 Å². The summed E-state index contributed by atoms with van der Waals surface area (Å²) in [4.78, 5) is 27.4. The molecule has 0 spiro atoms. The zero-order valence-corrected chi connectivity index (χ0v) is 16.0. The number of methoxy groups -OCH3 is 1. The Morgan fingerprint density at radius 2 is 2.07 bits per heavy atom. The molecule has 0 saturated carbocycles. The second kappa shape index (κ2) is 9.28. The number of aromatic nitrogens is 3. The van der Waals surface area contributed by atoms with Crippen molar-refractivity contribution in [2.45, 2.75) is 18.1 Å². The predicted molar refractivity (Wildman–Crippen MR) is 101 cm³/mol. The van der Waals surface area contributed by atoms with E-state index in [1.807, 2.05) is 30.3 Å². The number of hydrogen-bond donors (Lipinski definition) is 1. The Morgan fingerprint density at radius 1 is 1.26 bits per heavy atom. The average Bonchev–Trinajstić information content (AvgIpc) is 3.30. The molecule has 0 saturated heterocycles. The summed E-state index contributed by atoms with van der Waals surface area (Å²) < 4.78 is 10.1. The number of rotatable bonds is 8. The Balaban J connectivity index is 1.46. The highest BCUT2D eigenvalue weighted by Crippen LogP contribution is 2.20. The molecule has 8 nitrogen and oxygen atoms in total. The summed E-state index contributed by atoms with van der Waals surface area (Å²) in [5.41, 5.74) is 1.62. The third-order valence-electron chi connectivity index (χ3n) is 3.32. The lowest BCUT2D eigenvalue weighted by Gasteiger charge is -1.99. The minimum atomic E-state index is -0.378. The van der Waals surface area contributed by atoms with E-state index in [1.165, 1.54) is 18.4 Å². The van der Waals surface area contributed by atoms with Gasteiger partial charge in [0.25, 0.3) is 5.22 Å². The second-order valence-corrected chi connectivity index (χ2v) is 7.14. The van der Waals surface area contributed by atoms with Crippen LogP contribution in [0.15, 0.2) is 45.4 Å². The van der Waals surface area contributed by atoms with Gasteiger partial charge in [0.15, 0.2) is 5.13 Å². The van der Waals surface area contributed by atoms with E-state index in [9.17, 15) is 9.59 Å². The summed E-state index contributed by atoms with van der Waals surface area (Å²) in [7, 11) is 1.32. The van der Waals surface area contributed by atoms with Crippen LogP contribution < -0.4 is 5.32 Å². The van der Waals surface area contributed by atoms with Crippen molar-refractivity contribution in [3.8, 4) is 0 Å². The molecule has 3 aromatic rings. The number of carbonyl (C=O) groups excluding carboxylic acids is 2. The molecule has 0 radical (unpaired) electrons. The van der Waals surface area contributed by atoms with Gasteiger partial charge in [-0.1, -0.05) is 42.1 Å². The van der Waals surface area contributed by atoms with Gasteiger partial charge >= 0.3 is 5.97 Å². The molecule has 140 valence electrons. The lowest BCUT2D eigenvalue weighted by atomic mass is 10.2. The van der Waals surface area contributed by atoms with Crippen molar-refractivity contribution in [2.24, 2.45) is 0 Å². The van der Waals surface area contributed by atoms with Gasteiger partial charge < -0.3 is 14.5 Å². The number of esters is 1. The van der Waals surface area contributed by atoms with Gasteiger partial charge in [-0.05, 0) is 5.56 Å². The largest absolute Gasteiger partial charge is 0.469 e. The number of anilines is 1. The Labute approximate surface area is 163 Å². The van der Waals surface area contributed by atoms with Crippen LogP contribution in [0.25, 0.3) is 0 Å². The van der Waals surface area contributed by atoms with Crippen molar-refractivity contribution in [3.63, 3.8) is 0 Å². The van der Waals surface area contributed by atoms with Crippen LogP contribution in [0.4, 0.5) is 5.13 Å². The van der Waals surface area contributed by atoms with Crippen molar-refractivity contribution in [1.29, 1.82) is 0 Å². The molecule has 1 aromatic carbocycles. The number of nitrogens with zero attached hydrogens (tertiary/aromatic N) is 3. The highest BCUT2D eigenvalue weighted by molar-refractivity contribution is 7.99. The first-order valence-corrected chi connectivity index (χ1v) is 9.79. The van der Waals surface area contributed by atoms with Crippen molar-refractivity contribution in [3.05, 3.63) is 52.9 Å². The quantitative estimate of drug-likeness (QED) is 0.451. The number of ether oxygens (including phenoxy) is 1. The van der Waals surface area contributed by atoms with Crippen LogP contribution in [-0.4, -0.2) is 39.9 Å². The van der Waals surface area contributed by atoms with Crippen LogP contribution in [0.1, 0.15) is 17.1 Å². The van der Waals surface area contributed by atoms with E-state index < -0.39 is 0 Å². The van der Waals surface area contributed by atoms with Gasteiger partial charge in [0.05, 0.1) is 31.4 Å². The van der Waals surface area contributed by atoms with Gasteiger partial charge in [-0.2, -0.15) is 0 Å². The molecule has 1 amide bonds. The average molecular weight is 404 g/mol. The molecule has 0 aliphatic heterocycles. The molecule has 0 unspecified atom stereocenters. The third kappa shape index (κ3) is 5.90. The first-order chi connectivity index (χ1) is 13.1. The number of carbonyl (C=O) groups is 2. The molecule has 0 aliphatic carbocycles. The fourth-order valence-electron chi connectivity index (χ4n) is 2.09. The number of nitrogens with one attached hydrogen (secondary N) is 1. The van der Waals surface area contributed by atoms with Gasteiger partial charge in [0.2, 0.25) is 11.8 Å². The molecule has 2 heterocycles. The fraction of sp³-hybridized carbons (Fsp3) is 0.235. The van der Waals surface area contributed by atoms with Gasteiger partial charge in [0, 0.05) is 5.38 Å². The molecule has 3 rings (SSSR count). The predicted octanol–water partition coefficient (Wildman–Crippen LogP) is 2.56. The summed E-state index contributed by atoms with van der Waals surface area (Å²) >= 11 is 2.40. The van der Waals surface area contributed by atoms with E-state index in [2.05, 4.69) is 25.2 Å². The zero-order chi connectivity index (χ0) is 19.1. The SMILES string of the molecule is COC(=O)Cc1csc(NC(=O)CSc2nnc(Cc3ccccc3)o2)n1. The Morgan fingerprint density at radius 3 is 2.85 bits per heavy atom. The van der Waals surface area contributed by atoms with Crippen LogP contribution in [0.2, 0.25) is 0 Å². The molecule has 1 N–H and O–H groups in total. The van der Waals surface area contributed by atoms with Gasteiger partial charge in [-0.15, -0.1) is 21.5 Å². The molecule has 0 atom stereocenters. The van der Waals surface area contributed by atoms with E-state index in [0.717, 1.165) is 17.3 Å². The van der Waals surface area contributed by atoms with E-state index >= 15 is 0 Å². The van der Waals surface area contributed by atoms with E-state index in [0.29, 0.717) is 28.4 Å². The zero-order valence-electron chi connectivity index (χ0n) is 14.4. The Hall–Kier alpha value is -2.72. The highest BCUT2D eigenvalue weighted by Gasteiger charge is 2.13. The van der Waals surface area contributed by atoms with Crippen molar-refractivity contribution >= 4 is 40.1 Å². The first kappa shape index (κ1) is 19.1. The number of benzene rings is 1. The van der Waals surface area contributed by atoms with Crippen molar-refractivity contribution in [2.75, 3.05) is 18.2 Å². The topological polar surface area (TPSA) is 107 Å². The summed E-state index contributed by atoms with van der Waals surface area (Å²) in [5.74, 6) is -0.0199. The number of thiazole rings is 1. The summed E-state index contributed by atoms with van der Waals surface area (Å²) in [5, 5.41) is 13.1. The third-order valence-corrected chi connectivity index (χ3v) is 4.95. The van der Waals surface area contributed by atoms with Crippen molar-refractivity contribution < 1.29 is 18.7 Å². The maximum Gasteiger partial charge on any atom is 0.311 e. The monoisotopic (exact) mass is 404 g/mol. The lowest BCUT2D eigenvalue weighted by molar-refractivity contribution is -0.139. The van der Waals surface area contributed by atoms with Crippen molar-refractivity contribution in [1.82, 2.24) is 15.2 Å². The molecular weight excluding hydrogens is 388 g/mol. The maximum absolute atomic E-state index is 12.0. The standard InChI is InChI=1S/C17H16N4O4S2/c1-24-15(23)8-12-9-26-16(18-12)19-13(22)10-27-17-21-20-14(25-17)7-11-5-3-2-4-6-11/h2-6,9H,7-8,10H2,1H3,(H,18,19,22). The van der Waals surface area contributed by atoms with E-state index in [1.54, 1.807) is 5.38 Å². The lowest BCUT2D eigenvalue weighted by Crippen LogP contribution is -2.14. The minimum absolute atomic E-state index is 0.0732. The number of amides is 1. The minimum Gasteiger partial charge on any atom is -0.469 e. The maximum atomic E-state index is 12.0. The summed E-state index contributed by atoms with van der Waals surface area (Å²) in [6, 6.07) is 9.79. The number of thioether (sulfide) groups is 1. The highest BCUT2D eigenvalue weighted by atomic mass is 32.2. The van der Waals surface area contributed by atoms with Crippen LogP contribution in [0.3, 0.4) is 0 Å². The van der Waals surface area contributed by atoms with Crippen LogP contribution in [0.5, 0.6) is 0 Å². The van der Waals surface area contributed by atoms with Gasteiger partial charge in [-0.3, -0.25) is 9.59 Å². The second-order valence-electron chi connectivity index (χ2n) is 5.36. The molecule has 0 bridgehead atoms. The summed E-state index contributed by atoms with van der Waals surface area (Å²) in [6.45, 7) is 0. The molecule has 27 heavy (non-hydrogen) atoms. The normalized spacial score (nSPS) is 10.6. The number of hydrogen-bond acceptors (Lipinski definition) is 9. The van der Waals surface area contributed by atoms with Gasteiger partial charge in [0.1, 0.15) is 0 Å². The smallest absolute Gasteiger partial charge is 0.311 e. The van der Waals surface area contributed by atoms with E-state index in [4.69, 9.17) is 4.42 Å². The molecule has 2 aromatic heterocycles. The molecule has 10 heteroatoms. The molecule has 0 aliphatic rings. The van der Waals surface area contributed by atoms with Crippen LogP contribution in [-0.2, 0) is 27.2 Å². The van der Waals surface area contributed by atoms with E-state index in [-0.39, 0.29) is 24.1 Å². The Kier molecular flexibility index (Phi) is 6.55. The Bertz CT molecular complexity index is 911. The molecule has 0 fully saturated rings. The van der Waals surface area contributed by atoms with Crippen LogP contribution in [0, 0.1) is 0 Å². The first-order valence-electron chi connectivity index (χ1n) is 7.92. The summed E-state index contributed by atoms with van der Waals surface area (Å²) in [6.07, 6.45) is 0.618. The fourth-order valence-corrected chi connectivity index (χ4v) is 3.39.